The normalized spacial score (nSPS) is 9.48. The summed E-state index contributed by atoms with van der Waals surface area (Å²) in [5.74, 6) is 4.84. The highest BCUT2D eigenvalue weighted by Gasteiger charge is 2.12. The van der Waals surface area contributed by atoms with Gasteiger partial charge in [0.1, 0.15) is 6.61 Å². The molecule has 0 spiro atoms. The smallest absolute Gasteiger partial charge is 0.251 e. The predicted octanol–water partition coefficient (Wildman–Crippen LogP) is 0.629. The molecule has 1 rings (SSSR count). The molecule has 0 unspecified atom stereocenters. The van der Waals surface area contributed by atoms with Gasteiger partial charge in [-0.15, -0.1) is 0 Å². The maximum Gasteiger partial charge on any atom is 0.251 e. The number of nitrogens with one attached hydrogen (secondary N) is 1. The summed E-state index contributed by atoms with van der Waals surface area (Å²) in [5, 5.41) is 11.3. The summed E-state index contributed by atoms with van der Waals surface area (Å²) < 4.78 is 0. The zero-order valence-corrected chi connectivity index (χ0v) is 12.3. The van der Waals surface area contributed by atoms with Gasteiger partial charge >= 0.3 is 0 Å². The Hall–Kier alpha value is -2.32. The minimum atomic E-state index is -0.317. The summed E-state index contributed by atoms with van der Waals surface area (Å²) >= 11 is 0. The van der Waals surface area contributed by atoms with Crippen LogP contribution in [0.25, 0.3) is 0 Å². The second-order valence-corrected chi connectivity index (χ2v) is 4.29. The van der Waals surface area contributed by atoms with Gasteiger partial charge in [-0.2, -0.15) is 0 Å². The second-order valence-electron chi connectivity index (χ2n) is 4.29. The lowest BCUT2D eigenvalue weighted by atomic mass is 10.1. The summed E-state index contributed by atoms with van der Waals surface area (Å²) in [6, 6.07) is 6.74. The van der Waals surface area contributed by atoms with E-state index in [4.69, 9.17) is 5.11 Å². The molecule has 5 heteroatoms. The first-order chi connectivity index (χ1) is 10.1. The van der Waals surface area contributed by atoms with E-state index in [-0.39, 0.29) is 25.0 Å². The molecule has 0 heterocycles. The van der Waals surface area contributed by atoms with Crippen molar-refractivity contribution in [2.75, 3.05) is 26.2 Å². The molecule has 21 heavy (non-hydrogen) atoms. The monoisotopic (exact) mass is 288 g/mol. The average Bonchev–Trinajstić information content (AvgIpc) is 2.52. The summed E-state index contributed by atoms with van der Waals surface area (Å²) in [4.78, 5) is 25.5. The Labute approximate surface area is 125 Å². The van der Waals surface area contributed by atoms with Gasteiger partial charge in [-0.1, -0.05) is 17.9 Å². The number of carbonyl (C=O) groups is 2. The predicted molar refractivity (Wildman–Crippen MR) is 80.7 cm³/mol. The average molecular weight is 288 g/mol. The third-order valence-corrected chi connectivity index (χ3v) is 2.95. The van der Waals surface area contributed by atoms with E-state index in [1.54, 1.807) is 29.2 Å². The van der Waals surface area contributed by atoms with Crippen molar-refractivity contribution in [2.24, 2.45) is 0 Å². The van der Waals surface area contributed by atoms with E-state index in [2.05, 4.69) is 17.2 Å². The molecule has 0 aromatic heterocycles. The van der Waals surface area contributed by atoms with E-state index in [0.717, 1.165) is 0 Å². The number of amides is 2. The molecule has 0 aliphatic rings. The number of benzene rings is 1. The Morgan fingerprint density at radius 2 is 2.00 bits per heavy atom. The van der Waals surface area contributed by atoms with Gasteiger partial charge in [-0.05, 0) is 32.0 Å². The van der Waals surface area contributed by atoms with Crippen LogP contribution in [0.5, 0.6) is 0 Å². The lowest BCUT2D eigenvalue weighted by Gasteiger charge is -2.18. The lowest BCUT2D eigenvalue weighted by molar-refractivity contribution is -0.129. The number of hydrogen-bond donors (Lipinski definition) is 2. The minimum absolute atomic E-state index is 0.0208. The fourth-order valence-corrected chi connectivity index (χ4v) is 1.83. The second kappa shape index (κ2) is 8.77. The van der Waals surface area contributed by atoms with Crippen LogP contribution in [0.15, 0.2) is 24.3 Å². The van der Waals surface area contributed by atoms with Crippen molar-refractivity contribution in [3.63, 3.8) is 0 Å². The quantitative estimate of drug-likeness (QED) is 0.781. The van der Waals surface area contributed by atoms with Gasteiger partial charge in [-0.25, -0.2) is 0 Å². The van der Waals surface area contributed by atoms with Gasteiger partial charge in [0.05, 0.1) is 6.54 Å². The molecule has 1 aromatic rings. The van der Waals surface area contributed by atoms with Crippen LogP contribution in [0.2, 0.25) is 0 Å². The van der Waals surface area contributed by atoms with E-state index < -0.39 is 0 Å². The van der Waals surface area contributed by atoms with Crippen molar-refractivity contribution in [3.05, 3.63) is 35.4 Å². The summed E-state index contributed by atoms with van der Waals surface area (Å²) in [6.45, 7) is 4.79. The summed E-state index contributed by atoms with van der Waals surface area (Å²) in [5.41, 5.74) is 1.08. The van der Waals surface area contributed by atoms with Crippen LogP contribution >= 0.6 is 0 Å². The first-order valence-corrected chi connectivity index (χ1v) is 6.88. The van der Waals surface area contributed by atoms with Gasteiger partial charge < -0.3 is 15.3 Å². The number of likely N-dealkylation sites (N-methyl/N-ethyl adjacent to an activating group) is 1. The van der Waals surface area contributed by atoms with Gasteiger partial charge in [-0.3, -0.25) is 9.59 Å². The number of aliphatic hydroxyl groups excluding tert-OH is 1. The van der Waals surface area contributed by atoms with Gasteiger partial charge in [0, 0.05) is 24.2 Å². The van der Waals surface area contributed by atoms with Crippen LogP contribution < -0.4 is 5.32 Å². The number of aliphatic hydroxyl groups is 1. The number of rotatable bonds is 5. The largest absolute Gasteiger partial charge is 0.384 e. The third-order valence-electron chi connectivity index (χ3n) is 2.95. The zero-order valence-electron chi connectivity index (χ0n) is 12.3. The summed E-state index contributed by atoms with van der Waals surface area (Å²) in [7, 11) is 0. The van der Waals surface area contributed by atoms with E-state index >= 15 is 0 Å². The van der Waals surface area contributed by atoms with Crippen molar-refractivity contribution in [3.8, 4) is 11.8 Å². The molecule has 1 aromatic carbocycles. The molecule has 0 aliphatic heterocycles. The molecular formula is C16H20N2O3. The highest BCUT2D eigenvalue weighted by Crippen LogP contribution is 2.04. The number of carbonyl (C=O) groups excluding carboxylic acids is 2. The molecule has 0 aliphatic carbocycles. The first-order valence-electron chi connectivity index (χ1n) is 6.88. The summed E-state index contributed by atoms with van der Waals surface area (Å²) in [6.07, 6.45) is 0. The van der Waals surface area contributed by atoms with Crippen LogP contribution in [-0.4, -0.2) is 48.1 Å². The Kier molecular flexibility index (Phi) is 6.99. The molecule has 2 amide bonds. The fraction of sp³-hybridized carbons (Fsp3) is 0.375. The van der Waals surface area contributed by atoms with Crippen molar-refractivity contribution in [1.29, 1.82) is 0 Å². The molecule has 0 radical (unpaired) electrons. The third kappa shape index (κ3) is 5.28. The maximum atomic E-state index is 12.0. The Bertz CT molecular complexity index is 554. The minimum Gasteiger partial charge on any atom is -0.384 e. The maximum absolute atomic E-state index is 12.0. The SMILES string of the molecule is CCN(CC)C(=O)CNC(=O)c1cccc(C#CCO)c1. The van der Waals surface area contributed by atoms with Gasteiger partial charge in [0.2, 0.25) is 5.91 Å². The Balaban J connectivity index is 2.66. The molecule has 0 fully saturated rings. The van der Waals surface area contributed by atoms with Crippen molar-refractivity contribution in [2.45, 2.75) is 13.8 Å². The molecule has 0 saturated heterocycles. The zero-order chi connectivity index (χ0) is 15.7. The van der Waals surface area contributed by atoms with Crippen molar-refractivity contribution in [1.82, 2.24) is 10.2 Å². The first kappa shape index (κ1) is 16.7. The highest BCUT2D eigenvalue weighted by atomic mass is 16.2. The van der Waals surface area contributed by atoms with E-state index in [1.165, 1.54) is 0 Å². The van der Waals surface area contributed by atoms with Gasteiger partial charge in [0.15, 0.2) is 0 Å². The van der Waals surface area contributed by atoms with Crippen LogP contribution in [-0.2, 0) is 4.79 Å². The number of hydrogen-bond acceptors (Lipinski definition) is 3. The lowest BCUT2D eigenvalue weighted by Crippen LogP contribution is -2.40. The van der Waals surface area contributed by atoms with Crippen LogP contribution in [0.3, 0.4) is 0 Å². The van der Waals surface area contributed by atoms with E-state index in [1.807, 2.05) is 13.8 Å². The molecule has 0 saturated carbocycles. The standard InChI is InChI=1S/C16H20N2O3/c1-3-18(4-2)15(20)12-17-16(21)14-9-5-7-13(11-14)8-6-10-19/h5,7,9,11,19H,3-4,10,12H2,1-2H3,(H,17,21). The van der Waals surface area contributed by atoms with Crippen molar-refractivity contribution >= 4 is 11.8 Å². The molecule has 5 nitrogen and oxygen atoms in total. The van der Waals surface area contributed by atoms with Crippen molar-refractivity contribution < 1.29 is 14.7 Å². The molecule has 112 valence electrons. The van der Waals surface area contributed by atoms with E-state index in [9.17, 15) is 9.59 Å². The molecular weight excluding hydrogens is 268 g/mol. The fourth-order valence-electron chi connectivity index (χ4n) is 1.83. The molecule has 2 N–H and O–H groups in total. The Morgan fingerprint density at radius 3 is 2.62 bits per heavy atom. The molecule has 0 bridgehead atoms. The highest BCUT2D eigenvalue weighted by molar-refractivity contribution is 5.96. The van der Waals surface area contributed by atoms with Crippen LogP contribution in [0.1, 0.15) is 29.8 Å². The van der Waals surface area contributed by atoms with Crippen LogP contribution in [0.4, 0.5) is 0 Å². The molecule has 0 atom stereocenters. The van der Waals surface area contributed by atoms with E-state index in [0.29, 0.717) is 24.2 Å². The topological polar surface area (TPSA) is 69.6 Å². The van der Waals surface area contributed by atoms with Crippen LogP contribution in [0, 0.1) is 11.8 Å². The van der Waals surface area contributed by atoms with Gasteiger partial charge in [0.25, 0.3) is 5.91 Å². The Morgan fingerprint density at radius 1 is 1.29 bits per heavy atom. The number of nitrogens with zero attached hydrogens (tertiary/aromatic N) is 1.